The number of ether oxygens (including phenoxy) is 1. The molecule has 1 aliphatic heterocycles. The van der Waals surface area contributed by atoms with Gasteiger partial charge in [-0.15, -0.1) is 0 Å². The number of nitrogens with one attached hydrogen (secondary N) is 2. The van der Waals surface area contributed by atoms with Crippen molar-refractivity contribution in [1.29, 1.82) is 0 Å². The van der Waals surface area contributed by atoms with E-state index in [1.54, 1.807) is 12.1 Å². The van der Waals surface area contributed by atoms with Gasteiger partial charge in [0, 0.05) is 36.1 Å². The molecule has 1 fully saturated rings. The number of carbonyl (C=O) groups excluding carboxylic acids is 2. The molecule has 1 saturated carbocycles. The molecule has 0 bridgehead atoms. The van der Waals surface area contributed by atoms with Gasteiger partial charge in [-0.25, -0.2) is 0 Å². The second kappa shape index (κ2) is 12.8. The normalized spacial score (nSPS) is 15.4. The Kier molecular flexibility index (Phi) is 8.82. The minimum absolute atomic E-state index is 0.0690. The van der Waals surface area contributed by atoms with Crippen LogP contribution in [-0.2, 0) is 13.0 Å². The first-order valence-electron chi connectivity index (χ1n) is 14.4. The van der Waals surface area contributed by atoms with E-state index in [9.17, 15) is 9.59 Å². The van der Waals surface area contributed by atoms with E-state index in [0.717, 1.165) is 69.5 Å². The molecule has 3 aromatic rings. The van der Waals surface area contributed by atoms with Crippen LogP contribution in [-0.4, -0.2) is 31.0 Å². The lowest BCUT2D eigenvalue weighted by Crippen LogP contribution is -2.38. The van der Waals surface area contributed by atoms with Gasteiger partial charge in [-0.2, -0.15) is 0 Å². The lowest BCUT2D eigenvalue weighted by molar-refractivity contribution is 0.0927. The molecule has 1 heterocycles. The summed E-state index contributed by atoms with van der Waals surface area (Å²) in [6, 6.07) is 21.6. The molecule has 6 nitrogen and oxygen atoms in total. The van der Waals surface area contributed by atoms with Crippen molar-refractivity contribution >= 4 is 23.2 Å². The summed E-state index contributed by atoms with van der Waals surface area (Å²) in [4.78, 5) is 28.9. The molecule has 0 atom stereocenters. The summed E-state index contributed by atoms with van der Waals surface area (Å²) >= 11 is 0. The van der Waals surface area contributed by atoms with E-state index in [4.69, 9.17) is 4.74 Å². The van der Waals surface area contributed by atoms with Gasteiger partial charge < -0.3 is 20.3 Å². The highest BCUT2D eigenvalue weighted by molar-refractivity contribution is 6.06. The lowest BCUT2D eigenvalue weighted by atomic mass is 9.95. The zero-order chi connectivity index (χ0) is 27.0. The van der Waals surface area contributed by atoms with Crippen LogP contribution >= 0.6 is 0 Å². The molecule has 0 saturated heterocycles. The van der Waals surface area contributed by atoms with E-state index in [1.807, 2.05) is 30.3 Å². The quantitative estimate of drug-likeness (QED) is 0.304. The van der Waals surface area contributed by atoms with Crippen molar-refractivity contribution in [3.63, 3.8) is 0 Å². The summed E-state index contributed by atoms with van der Waals surface area (Å²) in [6.45, 7) is 4.40. The maximum atomic E-state index is 13.6. The average Bonchev–Trinajstić information content (AvgIpc) is 2.98. The Hall–Kier alpha value is -3.80. The van der Waals surface area contributed by atoms with Crippen LogP contribution in [0.1, 0.15) is 83.7 Å². The van der Waals surface area contributed by atoms with Gasteiger partial charge in [-0.1, -0.05) is 56.9 Å². The van der Waals surface area contributed by atoms with E-state index in [0.29, 0.717) is 23.4 Å². The average molecular weight is 526 g/mol. The second-order valence-corrected chi connectivity index (χ2v) is 10.7. The van der Waals surface area contributed by atoms with E-state index >= 15 is 0 Å². The van der Waals surface area contributed by atoms with Crippen LogP contribution in [0.2, 0.25) is 0 Å². The smallest absolute Gasteiger partial charge is 0.255 e. The molecule has 0 spiro atoms. The second-order valence-electron chi connectivity index (χ2n) is 10.7. The third kappa shape index (κ3) is 6.80. The van der Waals surface area contributed by atoms with Gasteiger partial charge in [0.05, 0.1) is 12.2 Å². The number of hydrogen-bond acceptors (Lipinski definition) is 4. The fraction of sp³-hybridized carbons (Fsp3) is 0.394. The highest BCUT2D eigenvalue weighted by Gasteiger charge is 2.24. The molecule has 6 heteroatoms. The highest BCUT2D eigenvalue weighted by atomic mass is 16.5. The highest BCUT2D eigenvalue weighted by Crippen LogP contribution is 2.30. The molecule has 39 heavy (non-hydrogen) atoms. The standard InChI is InChI=1S/C33H39N3O3/c1-2-3-21-39-29-16-13-25(14-17-29)32(37)35-28-15-18-31(36-20-19-24-9-7-8-10-26(24)23-36)30(22-28)33(38)34-27-11-5-4-6-12-27/h7-10,13-18,22,27H,2-6,11-12,19-21,23H2,1H3,(H,34,38)(H,35,37). The van der Waals surface area contributed by atoms with Crippen molar-refractivity contribution in [2.45, 2.75) is 70.9 Å². The molecule has 2 aliphatic rings. The van der Waals surface area contributed by atoms with Gasteiger partial charge in [0.25, 0.3) is 11.8 Å². The number of fused-ring (bicyclic) bond motifs is 1. The molecule has 204 valence electrons. The number of nitrogens with zero attached hydrogens (tertiary/aromatic N) is 1. The Morgan fingerprint density at radius 3 is 2.46 bits per heavy atom. The number of anilines is 2. The molecule has 5 rings (SSSR count). The van der Waals surface area contributed by atoms with Gasteiger partial charge in [0.2, 0.25) is 0 Å². The van der Waals surface area contributed by atoms with Gasteiger partial charge in [0.1, 0.15) is 5.75 Å². The Labute approximate surface area is 231 Å². The molecule has 2 amide bonds. The predicted octanol–water partition coefficient (Wildman–Crippen LogP) is 6.74. The van der Waals surface area contributed by atoms with E-state index in [-0.39, 0.29) is 17.9 Å². The van der Waals surface area contributed by atoms with Crippen molar-refractivity contribution < 1.29 is 14.3 Å². The maximum Gasteiger partial charge on any atom is 0.255 e. The third-order valence-corrected chi connectivity index (χ3v) is 7.79. The molecular weight excluding hydrogens is 486 g/mol. The lowest BCUT2D eigenvalue weighted by Gasteiger charge is -2.32. The van der Waals surface area contributed by atoms with Crippen LogP contribution in [0.25, 0.3) is 0 Å². The summed E-state index contributed by atoms with van der Waals surface area (Å²) in [5.41, 5.74) is 5.33. The van der Waals surface area contributed by atoms with Crippen LogP contribution in [0.15, 0.2) is 66.7 Å². The molecule has 1 aliphatic carbocycles. The first kappa shape index (κ1) is 26.8. The first-order chi connectivity index (χ1) is 19.1. The monoisotopic (exact) mass is 525 g/mol. The topological polar surface area (TPSA) is 70.7 Å². The van der Waals surface area contributed by atoms with Crippen LogP contribution in [0.5, 0.6) is 5.75 Å². The molecule has 0 unspecified atom stereocenters. The summed E-state index contributed by atoms with van der Waals surface area (Å²) in [5, 5.41) is 6.28. The van der Waals surface area contributed by atoms with Crippen molar-refractivity contribution in [1.82, 2.24) is 5.32 Å². The number of unbranched alkanes of at least 4 members (excludes halogenated alkanes) is 1. The number of benzene rings is 3. The Morgan fingerprint density at radius 1 is 0.923 bits per heavy atom. The van der Waals surface area contributed by atoms with Gasteiger partial charge >= 0.3 is 0 Å². The summed E-state index contributed by atoms with van der Waals surface area (Å²) in [6.07, 6.45) is 8.59. The summed E-state index contributed by atoms with van der Waals surface area (Å²) < 4.78 is 5.72. The van der Waals surface area contributed by atoms with Gasteiger partial charge in [-0.05, 0) is 79.3 Å². The van der Waals surface area contributed by atoms with Crippen molar-refractivity contribution in [3.05, 3.63) is 89.0 Å². The van der Waals surface area contributed by atoms with Crippen LogP contribution in [0.4, 0.5) is 11.4 Å². The van der Waals surface area contributed by atoms with Crippen molar-refractivity contribution in [3.8, 4) is 5.75 Å². The molecule has 0 radical (unpaired) electrons. The number of rotatable bonds is 9. The fourth-order valence-electron chi connectivity index (χ4n) is 5.52. The Bertz CT molecular complexity index is 1280. The van der Waals surface area contributed by atoms with Crippen molar-refractivity contribution in [2.75, 3.05) is 23.4 Å². The fourth-order valence-corrected chi connectivity index (χ4v) is 5.52. The molecule has 3 aromatic carbocycles. The van der Waals surface area contributed by atoms with E-state index in [2.05, 4.69) is 46.7 Å². The van der Waals surface area contributed by atoms with Crippen LogP contribution < -0.4 is 20.3 Å². The van der Waals surface area contributed by atoms with Crippen LogP contribution in [0, 0.1) is 0 Å². The minimum Gasteiger partial charge on any atom is -0.494 e. The number of hydrogen-bond donors (Lipinski definition) is 2. The Balaban J connectivity index is 1.35. The molecule has 0 aromatic heterocycles. The van der Waals surface area contributed by atoms with E-state index in [1.165, 1.54) is 17.5 Å². The van der Waals surface area contributed by atoms with Gasteiger partial charge in [0.15, 0.2) is 0 Å². The molecular formula is C33H39N3O3. The third-order valence-electron chi connectivity index (χ3n) is 7.79. The predicted molar refractivity (Wildman–Crippen MR) is 157 cm³/mol. The van der Waals surface area contributed by atoms with Gasteiger partial charge in [-0.3, -0.25) is 9.59 Å². The van der Waals surface area contributed by atoms with Crippen LogP contribution in [0.3, 0.4) is 0 Å². The van der Waals surface area contributed by atoms with Crippen molar-refractivity contribution in [2.24, 2.45) is 0 Å². The Morgan fingerprint density at radius 2 is 1.69 bits per heavy atom. The maximum absolute atomic E-state index is 13.6. The number of carbonyl (C=O) groups is 2. The SMILES string of the molecule is CCCCOc1ccc(C(=O)Nc2ccc(N3CCc4ccccc4C3)c(C(=O)NC3CCCCC3)c2)cc1. The zero-order valence-corrected chi connectivity index (χ0v) is 22.9. The summed E-state index contributed by atoms with van der Waals surface area (Å²) in [7, 11) is 0. The minimum atomic E-state index is -0.214. The molecule has 2 N–H and O–H groups in total. The largest absolute Gasteiger partial charge is 0.494 e. The number of amides is 2. The van der Waals surface area contributed by atoms with E-state index < -0.39 is 0 Å². The first-order valence-corrected chi connectivity index (χ1v) is 14.4. The zero-order valence-electron chi connectivity index (χ0n) is 22.9. The summed E-state index contributed by atoms with van der Waals surface area (Å²) in [5.74, 6) is 0.475.